The van der Waals surface area contributed by atoms with E-state index < -0.39 is 0 Å². The van der Waals surface area contributed by atoms with Crippen LogP contribution in [0.2, 0.25) is 0 Å². The van der Waals surface area contributed by atoms with Gasteiger partial charge in [-0.25, -0.2) is 4.39 Å². The number of rotatable bonds is 6. The predicted molar refractivity (Wildman–Crippen MR) is 116 cm³/mol. The molecule has 1 amide bonds. The first-order valence-corrected chi connectivity index (χ1v) is 10.0. The molecule has 1 atom stereocenters. The second kappa shape index (κ2) is 8.55. The summed E-state index contributed by atoms with van der Waals surface area (Å²) in [6.45, 7) is 6.00. The second-order valence-corrected chi connectivity index (χ2v) is 7.50. The summed E-state index contributed by atoms with van der Waals surface area (Å²) in [4.78, 5) is 17.1. The summed E-state index contributed by atoms with van der Waals surface area (Å²) >= 11 is 0. The van der Waals surface area contributed by atoms with E-state index in [1.165, 1.54) is 12.1 Å². The monoisotopic (exact) mass is 418 g/mol. The largest absolute Gasteiger partial charge is 0.348 e. The molecular formula is C24H23FN4O2. The van der Waals surface area contributed by atoms with Gasteiger partial charge in [-0.15, -0.1) is 0 Å². The molecule has 31 heavy (non-hydrogen) atoms. The van der Waals surface area contributed by atoms with Crippen molar-refractivity contribution in [2.75, 3.05) is 0 Å². The van der Waals surface area contributed by atoms with E-state index >= 15 is 0 Å². The molecule has 0 aliphatic heterocycles. The zero-order valence-electron chi connectivity index (χ0n) is 17.6. The van der Waals surface area contributed by atoms with Crippen molar-refractivity contribution in [2.24, 2.45) is 0 Å². The molecule has 0 aliphatic carbocycles. The van der Waals surface area contributed by atoms with Crippen molar-refractivity contribution < 1.29 is 13.7 Å². The number of halogens is 1. The smallest absolute Gasteiger partial charge is 0.260 e. The van der Waals surface area contributed by atoms with Gasteiger partial charge in [0.2, 0.25) is 11.7 Å². The van der Waals surface area contributed by atoms with Crippen LogP contribution in [0.15, 0.2) is 65.2 Å². The van der Waals surface area contributed by atoms with Crippen LogP contribution in [0.5, 0.6) is 0 Å². The Morgan fingerprint density at radius 3 is 2.55 bits per heavy atom. The Morgan fingerprint density at radius 1 is 1.13 bits per heavy atom. The van der Waals surface area contributed by atoms with Gasteiger partial charge in [-0.3, -0.25) is 4.79 Å². The molecule has 1 N–H and O–H groups in total. The molecule has 2 aromatic heterocycles. The van der Waals surface area contributed by atoms with Gasteiger partial charge in [0.05, 0.1) is 11.6 Å². The number of hydrogen-bond acceptors (Lipinski definition) is 4. The number of nitrogens with one attached hydrogen (secondary N) is 1. The van der Waals surface area contributed by atoms with Crippen LogP contribution in [0.1, 0.15) is 29.9 Å². The highest BCUT2D eigenvalue weighted by Crippen LogP contribution is 2.28. The Kier molecular flexibility index (Phi) is 5.66. The SMILES string of the molecule is Cc1cc(-c2nc(-c3ccc(F)cc3)no2)c(C)n1CC(=O)N[C@@H](C)c1ccccc1. The number of carbonyl (C=O) groups is 1. The standard InChI is InChI=1S/C24H23FN4O2/c1-15-13-21(24-27-23(28-31-24)19-9-11-20(25)12-10-19)17(3)29(15)14-22(30)26-16(2)18-7-5-4-6-8-18/h4-13,16H,14H2,1-3H3,(H,26,30)/t16-/m0/s1. The van der Waals surface area contributed by atoms with Crippen molar-refractivity contribution in [3.05, 3.63) is 83.4 Å². The molecule has 0 aliphatic rings. The number of carbonyl (C=O) groups excluding carboxylic acids is 1. The third-order valence-electron chi connectivity index (χ3n) is 5.31. The van der Waals surface area contributed by atoms with E-state index in [2.05, 4.69) is 15.5 Å². The summed E-state index contributed by atoms with van der Waals surface area (Å²) < 4.78 is 20.5. The van der Waals surface area contributed by atoms with Gasteiger partial charge in [0.1, 0.15) is 12.4 Å². The lowest BCUT2D eigenvalue weighted by molar-refractivity contribution is -0.122. The lowest BCUT2D eigenvalue weighted by atomic mass is 10.1. The maximum absolute atomic E-state index is 13.2. The van der Waals surface area contributed by atoms with Gasteiger partial charge >= 0.3 is 0 Å². The van der Waals surface area contributed by atoms with E-state index in [4.69, 9.17) is 4.52 Å². The van der Waals surface area contributed by atoms with Crippen LogP contribution >= 0.6 is 0 Å². The Balaban J connectivity index is 1.51. The van der Waals surface area contributed by atoms with Crippen molar-refractivity contribution in [3.63, 3.8) is 0 Å². The summed E-state index contributed by atoms with van der Waals surface area (Å²) in [5, 5.41) is 7.05. The normalized spacial score (nSPS) is 12.0. The lowest BCUT2D eigenvalue weighted by Crippen LogP contribution is -2.30. The lowest BCUT2D eigenvalue weighted by Gasteiger charge is -2.16. The zero-order valence-corrected chi connectivity index (χ0v) is 17.6. The highest BCUT2D eigenvalue weighted by molar-refractivity contribution is 5.77. The first kappa shape index (κ1) is 20.5. The van der Waals surface area contributed by atoms with Crippen molar-refractivity contribution >= 4 is 5.91 Å². The van der Waals surface area contributed by atoms with E-state index in [0.717, 1.165) is 22.5 Å². The van der Waals surface area contributed by atoms with Crippen LogP contribution in [0.25, 0.3) is 22.8 Å². The van der Waals surface area contributed by atoms with Crippen LogP contribution in [-0.4, -0.2) is 20.6 Å². The number of aromatic nitrogens is 3. The molecule has 7 heteroatoms. The van der Waals surface area contributed by atoms with Crippen LogP contribution in [0.3, 0.4) is 0 Å². The van der Waals surface area contributed by atoms with Crippen molar-refractivity contribution in [3.8, 4) is 22.8 Å². The molecular weight excluding hydrogens is 395 g/mol. The quantitative estimate of drug-likeness (QED) is 0.486. The summed E-state index contributed by atoms with van der Waals surface area (Å²) in [5.41, 5.74) is 4.25. The van der Waals surface area contributed by atoms with Crippen LogP contribution in [-0.2, 0) is 11.3 Å². The first-order chi connectivity index (χ1) is 14.9. The average Bonchev–Trinajstić information content (AvgIpc) is 3.35. The number of benzene rings is 2. The molecule has 0 radical (unpaired) electrons. The first-order valence-electron chi connectivity index (χ1n) is 10.0. The van der Waals surface area contributed by atoms with Gasteiger partial charge in [-0.2, -0.15) is 4.98 Å². The maximum atomic E-state index is 13.2. The summed E-state index contributed by atoms with van der Waals surface area (Å²) in [5.74, 6) is 0.337. The third kappa shape index (κ3) is 4.40. The fourth-order valence-electron chi connectivity index (χ4n) is 3.57. The van der Waals surface area contributed by atoms with Gasteiger partial charge in [0, 0.05) is 17.0 Å². The predicted octanol–water partition coefficient (Wildman–Crippen LogP) is 4.84. The topological polar surface area (TPSA) is 73.0 Å². The van der Waals surface area contributed by atoms with Gasteiger partial charge in [0.25, 0.3) is 5.89 Å². The fraction of sp³-hybridized carbons (Fsp3) is 0.208. The van der Waals surface area contributed by atoms with Gasteiger partial charge in [0.15, 0.2) is 0 Å². The Morgan fingerprint density at radius 2 is 1.84 bits per heavy atom. The maximum Gasteiger partial charge on any atom is 0.260 e. The summed E-state index contributed by atoms with van der Waals surface area (Å²) in [6.07, 6.45) is 0. The highest BCUT2D eigenvalue weighted by Gasteiger charge is 2.19. The van der Waals surface area contributed by atoms with E-state index in [1.54, 1.807) is 12.1 Å². The molecule has 0 fully saturated rings. The van der Waals surface area contributed by atoms with Gasteiger partial charge in [-0.1, -0.05) is 35.5 Å². The van der Waals surface area contributed by atoms with E-state index in [9.17, 15) is 9.18 Å². The number of nitrogens with zero attached hydrogens (tertiary/aromatic N) is 3. The molecule has 6 nitrogen and oxygen atoms in total. The summed E-state index contributed by atoms with van der Waals surface area (Å²) in [6, 6.07) is 17.6. The Hall–Kier alpha value is -3.74. The van der Waals surface area contributed by atoms with Crippen LogP contribution in [0, 0.1) is 19.7 Å². The van der Waals surface area contributed by atoms with E-state index in [1.807, 2.05) is 61.7 Å². The third-order valence-corrected chi connectivity index (χ3v) is 5.31. The number of amides is 1. The van der Waals surface area contributed by atoms with Crippen molar-refractivity contribution in [2.45, 2.75) is 33.4 Å². The van der Waals surface area contributed by atoms with Crippen LogP contribution < -0.4 is 5.32 Å². The zero-order chi connectivity index (χ0) is 22.0. The molecule has 158 valence electrons. The number of hydrogen-bond donors (Lipinski definition) is 1. The van der Waals surface area contributed by atoms with Gasteiger partial charge < -0.3 is 14.4 Å². The van der Waals surface area contributed by atoms with Crippen LogP contribution in [0.4, 0.5) is 4.39 Å². The van der Waals surface area contributed by atoms with Gasteiger partial charge in [-0.05, 0) is 56.7 Å². The average molecular weight is 418 g/mol. The fourth-order valence-corrected chi connectivity index (χ4v) is 3.57. The molecule has 2 heterocycles. The van der Waals surface area contributed by atoms with E-state index in [-0.39, 0.29) is 24.3 Å². The second-order valence-electron chi connectivity index (χ2n) is 7.50. The molecule has 0 saturated heterocycles. The molecule has 4 rings (SSSR count). The van der Waals surface area contributed by atoms with Crippen molar-refractivity contribution in [1.82, 2.24) is 20.0 Å². The summed E-state index contributed by atoms with van der Waals surface area (Å²) in [7, 11) is 0. The molecule has 0 bridgehead atoms. The highest BCUT2D eigenvalue weighted by atomic mass is 19.1. The number of aryl methyl sites for hydroxylation is 1. The molecule has 0 unspecified atom stereocenters. The minimum atomic E-state index is -0.323. The van der Waals surface area contributed by atoms with E-state index in [0.29, 0.717) is 17.3 Å². The minimum Gasteiger partial charge on any atom is -0.348 e. The van der Waals surface area contributed by atoms with Crippen molar-refractivity contribution in [1.29, 1.82) is 0 Å². The molecule has 2 aromatic carbocycles. The Labute approximate surface area is 179 Å². The Bertz CT molecular complexity index is 1200. The molecule has 4 aromatic rings. The molecule has 0 spiro atoms. The minimum absolute atomic E-state index is 0.0813. The molecule has 0 saturated carbocycles.